The summed E-state index contributed by atoms with van der Waals surface area (Å²) >= 11 is 0. The molecular weight excluding hydrogens is 410 g/mol. The van der Waals surface area contributed by atoms with Crippen LogP contribution in [0.25, 0.3) is 0 Å². The molecule has 0 radical (unpaired) electrons. The van der Waals surface area contributed by atoms with E-state index in [9.17, 15) is 14.4 Å². The summed E-state index contributed by atoms with van der Waals surface area (Å²) in [5.41, 5.74) is 1.36. The molecule has 0 spiro atoms. The number of rotatable bonds is 9. The number of nitrogens with zero attached hydrogens (tertiary/aromatic N) is 1. The molecule has 0 saturated heterocycles. The van der Waals surface area contributed by atoms with Gasteiger partial charge >= 0.3 is 17.9 Å². The third-order valence-electron chi connectivity index (χ3n) is 2.96. The minimum Gasteiger partial charge on any atom is -1.00 e. The lowest BCUT2D eigenvalue weighted by molar-refractivity contribution is -0.870. The zero-order chi connectivity index (χ0) is 23.6. The molecule has 0 amide bonds. The van der Waals surface area contributed by atoms with Crippen molar-refractivity contribution < 1.29 is 45.5 Å². The van der Waals surface area contributed by atoms with Crippen molar-refractivity contribution in [1.29, 1.82) is 0 Å². The maximum Gasteiger partial charge on any atom is 0.333 e. The summed E-state index contributed by atoms with van der Waals surface area (Å²) in [6.45, 7) is 19.0. The molecule has 0 aliphatic carbocycles. The van der Waals surface area contributed by atoms with E-state index in [0.29, 0.717) is 29.9 Å². The van der Waals surface area contributed by atoms with Gasteiger partial charge in [-0.3, -0.25) is 0 Å². The van der Waals surface area contributed by atoms with Crippen LogP contribution in [0.4, 0.5) is 0 Å². The van der Waals surface area contributed by atoms with Gasteiger partial charge in [0.2, 0.25) is 0 Å². The number of carbonyl (C=O) groups excluding carboxylic acids is 3. The third-order valence-corrected chi connectivity index (χ3v) is 2.96. The Labute approximate surface area is 188 Å². The van der Waals surface area contributed by atoms with Crippen LogP contribution in [-0.4, -0.2) is 70.4 Å². The molecule has 0 N–H and O–H groups in total. The number of halogens is 1. The van der Waals surface area contributed by atoms with Crippen LogP contribution in [0.2, 0.25) is 0 Å². The summed E-state index contributed by atoms with van der Waals surface area (Å²) in [5.74, 6) is -0.933. The second kappa shape index (κ2) is 20.2. The fourth-order valence-corrected chi connectivity index (χ4v) is 1.14. The van der Waals surface area contributed by atoms with E-state index in [-0.39, 0.29) is 30.3 Å². The maximum absolute atomic E-state index is 10.9. The highest BCUT2D eigenvalue weighted by Crippen LogP contribution is 1.95. The summed E-state index contributed by atoms with van der Waals surface area (Å²) in [5, 5.41) is 0. The topological polar surface area (TPSA) is 78.9 Å². The number of hydrogen-bond acceptors (Lipinski definition) is 6. The Morgan fingerprint density at radius 1 is 0.767 bits per heavy atom. The number of methoxy groups -OCH3 is 1. The molecular formula is C22H40ClNO6. The molecule has 0 atom stereocenters. The largest absolute Gasteiger partial charge is 1.00 e. The molecule has 0 aromatic rings. The molecule has 7 nitrogen and oxygen atoms in total. The fourth-order valence-electron chi connectivity index (χ4n) is 1.14. The first kappa shape index (κ1) is 35.3. The average molecular weight is 450 g/mol. The highest BCUT2D eigenvalue weighted by Gasteiger charge is 2.09. The van der Waals surface area contributed by atoms with Crippen molar-refractivity contribution in [2.45, 2.75) is 40.5 Å². The Kier molecular flexibility index (Phi) is 23.7. The predicted molar refractivity (Wildman–Crippen MR) is 116 cm³/mol. The smallest absolute Gasteiger partial charge is 0.333 e. The highest BCUT2D eigenvalue weighted by atomic mass is 35.5. The van der Waals surface area contributed by atoms with E-state index in [2.05, 4.69) is 52.5 Å². The van der Waals surface area contributed by atoms with E-state index < -0.39 is 0 Å². The van der Waals surface area contributed by atoms with Crippen LogP contribution in [0.3, 0.4) is 0 Å². The Hall–Kier alpha value is -2.12. The fraction of sp³-hybridized carbons (Fsp3) is 0.591. The van der Waals surface area contributed by atoms with Gasteiger partial charge in [0.25, 0.3) is 0 Å². The Bertz CT molecular complexity index is 564. The zero-order valence-corrected chi connectivity index (χ0v) is 20.7. The molecule has 176 valence electrons. The maximum atomic E-state index is 10.9. The molecule has 30 heavy (non-hydrogen) atoms. The van der Waals surface area contributed by atoms with E-state index in [1.165, 1.54) is 7.11 Å². The number of quaternary nitrogens is 1. The van der Waals surface area contributed by atoms with Gasteiger partial charge in [-0.2, -0.15) is 0 Å². The van der Waals surface area contributed by atoms with Gasteiger partial charge in [-0.05, 0) is 27.2 Å². The van der Waals surface area contributed by atoms with Crippen LogP contribution < -0.4 is 12.4 Å². The first-order valence-electron chi connectivity index (χ1n) is 9.39. The number of likely N-dealkylation sites (N-methyl/N-ethyl adjacent to an activating group) is 1. The summed E-state index contributed by atoms with van der Waals surface area (Å²) in [6, 6.07) is 0. The van der Waals surface area contributed by atoms with Crippen molar-refractivity contribution in [3.63, 3.8) is 0 Å². The summed E-state index contributed by atoms with van der Waals surface area (Å²) < 4.78 is 14.8. The standard InChI is InChI=1S/C9H18NO2.C8H14O2.C5H8O2.ClH/c1-8(2)9(11)12-7-6-10(3,4)5;1-4-5-6-10-8(9)7(2)3;1-4(2)5(6)7-3;/h1,6-7H2,2-5H3;2,4-6H2,1,3H3;1H2,2-3H3;1H/q+1;;;/p-1. The van der Waals surface area contributed by atoms with Gasteiger partial charge in [0.15, 0.2) is 0 Å². The SMILES string of the molecule is C=C(C)C(=O)OC.C=C(C)C(=O)OCCCC.C=C(C)C(=O)OCC[N+](C)(C)C.[Cl-]. The Balaban J connectivity index is -0.000000172. The zero-order valence-electron chi connectivity index (χ0n) is 19.9. The first-order chi connectivity index (χ1) is 13.2. The lowest BCUT2D eigenvalue weighted by Crippen LogP contribution is -3.00. The Morgan fingerprint density at radius 3 is 1.37 bits per heavy atom. The van der Waals surface area contributed by atoms with Crippen molar-refractivity contribution in [3.05, 3.63) is 36.5 Å². The molecule has 0 rings (SSSR count). The van der Waals surface area contributed by atoms with Gasteiger partial charge in [-0.1, -0.05) is 33.1 Å². The van der Waals surface area contributed by atoms with Gasteiger partial charge in [-0.15, -0.1) is 0 Å². The van der Waals surface area contributed by atoms with E-state index in [4.69, 9.17) is 9.47 Å². The van der Waals surface area contributed by atoms with Crippen molar-refractivity contribution in [2.24, 2.45) is 0 Å². The molecule has 0 bridgehead atoms. The van der Waals surface area contributed by atoms with Crippen molar-refractivity contribution in [3.8, 4) is 0 Å². The molecule has 0 aliphatic heterocycles. The minimum atomic E-state index is -0.347. The van der Waals surface area contributed by atoms with Gasteiger partial charge in [-0.25, -0.2) is 14.4 Å². The minimum absolute atomic E-state index is 0. The van der Waals surface area contributed by atoms with Crippen LogP contribution in [0, 0.1) is 0 Å². The molecule has 0 aromatic heterocycles. The summed E-state index contributed by atoms with van der Waals surface area (Å²) in [7, 11) is 7.48. The van der Waals surface area contributed by atoms with Crippen molar-refractivity contribution in [1.82, 2.24) is 0 Å². The van der Waals surface area contributed by atoms with Gasteiger partial charge in [0.05, 0.1) is 34.9 Å². The van der Waals surface area contributed by atoms with E-state index in [0.717, 1.165) is 23.9 Å². The number of hydrogen-bond donors (Lipinski definition) is 0. The van der Waals surface area contributed by atoms with Gasteiger partial charge in [0, 0.05) is 16.7 Å². The van der Waals surface area contributed by atoms with E-state index in [1.807, 2.05) is 0 Å². The second-order valence-corrected chi connectivity index (χ2v) is 7.47. The molecule has 0 aliphatic rings. The van der Waals surface area contributed by atoms with Crippen molar-refractivity contribution in [2.75, 3.05) is 48.0 Å². The quantitative estimate of drug-likeness (QED) is 0.167. The molecule has 0 heterocycles. The number of esters is 3. The van der Waals surface area contributed by atoms with Crippen LogP contribution in [0.1, 0.15) is 40.5 Å². The lowest BCUT2D eigenvalue weighted by atomic mass is 10.3. The third kappa shape index (κ3) is 28.1. The van der Waals surface area contributed by atoms with Crippen LogP contribution in [0.15, 0.2) is 36.5 Å². The molecule has 0 unspecified atom stereocenters. The summed E-state index contributed by atoms with van der Waals surface area (Å²) in [6.07, 6.45) is 1.97. The highest BCUT2D eigenvalue weighted by molar-refractivity contribution is 5.87. The van der Waals surface area contributed by atoms with E-state index >= 15 is 0 Å². The molecule has 0 fully saturated rings. The van der Waals surface area contributed by atoms with Crippen LogP contribution in [0.5, 0.6) is 0 Å². The molecule has 0 aromatic carbocycles. The molecule has 8 heteroatoms. The van der Waals surface area contributed by atoms with Gasteiger partial charge in [0.1, 0.15) is 13.2 Å². The van der Waals surface area contributed by atoms with Crippen molar-refractivity contribution >= 4 is 17.9 Å². The number of unbranched alkanes of at least 4 members (excludes halogenated alkanes) is 1. The summed E-state index contributed by atoms with van der Waals surface area (Å²) in [4.78, 5) is 31.8. The lowest BCUT2D eigenvalue weighted by Gasteiger charge is -2.23. The van der Waals surface area contributed by atoms with E-state index in [1.54, 1.807) is 20.8 Å². The van der Waals surface area contributed by atoms with Crippen LogP contribution >= 0.6 is 0 Å². The normalized spacial score (nSPS) is 9.20. The first-order valence-corrected chi connectivity index (χ1v) is 9.39. The Morgan fingerprint density at radius 2 is 1.13 bits per heavy atom. The second-order valence-electron chi connectivity index (χ2n) is 7.47. The predicted octanol–water partition coefficient (Wildman–Crippen LogP) is 0.457. The van der Waals surface area contributed by atoms with Crippen LogP contribution in [-0.2, 0) is 28.6 Å². The number of ether oxygens (including phenoxy) is 3. The monoisotopic (exact) mass is 449 g/mol. The average Bonchev–Trinajstić information content (AvgIpc) is 2.60. The van der Waals surface area contributed by atoms with Gasteiger partial charge < -0.3 is 31.1 Å². The number of carbonyl (C=O) groups is 3. The molecule has 0 saturated carbocycles.